The van der Waals surface area contributed by atoms with E-state index in [9.17, 15) is 4.79 Å². The quantitative estimate of drug-likeness (QED) is 0.460. The molecular weight excluding hydrogens is 402 g/mol. The number of nitrogens with zero attached hydrogens (tertiary/aromatic N) is 3. The van der Waals surface area contributed by atoms with Crippen LogP contribution in [0.15, 0.2) is 59.5 Å². The standard InChI is InChI=1S/C25H27N5O2/c1-32-13-12-30-15-18(20-4-2-3-5-23(20)30)14-29-11-10-22-21(16-29)25(31)28-24(27-22)17-6-8-19(26)9-7-17/h2-9,15H,10-14,16,26H2,1H3,(H,27,28,31). The molecule has 1 aliphatic rings. The number of hydrogen-bond acceptors (Lipinski definition) is 5. The van der Waals surface area contributed by atoms with Crippen LogP contribution >= 0.6 is 0 Å². The molecule has 0 saturated carbocycles. The number of aromatic amines is 1. The number of fused-ring (bicyclic) bond motifs is 2. The molecule has 3 heterocycles. The second-order valence-electron chi connectivity index (χ2n) is 8.28. The van der Waals surface area contributed by atoms with Crippen LogP contribution in [0.25, 0.3) is 22.3 Å². The number of H-pyrrole nitrogens is 1. The van der Waals surface area contributed by atoms with E-state index in [1.165, 1.54) is 16.5 Å². The molecule has 0 unspecified atom stereocenters. The van der Waals surface area contributed by atoms with Crippen LogP contribution in [-0.2, 0) is 30.8 Å². The van der Waals surface area contributed by atoms with Gasteiger partial charge < -0.3 is 20.0 Å². The van der Waals surface area contributed by atoms with Gasteiger partial charge >= 0.3 is 0 Å². The van der Waals surface area contributed by atoms with E-state index in [-0.39, 0.29) is 5.56 Å². The minimum atomic E-state index is -0.0611. The Balaban J connectivity index is 1.39. The van der Waals surface area contributed by atoms with E-state index in [4.69, 9.17) is 15.5 Å². The molecule has 1 aliphatic heterocycles. The van der Waals surface area contributed by atoms with E-state index in [0.717, 1.165) is 42.9 Å². The van der Waals surface area contributed by atoms with Gasteiger partial charge in [-0.2, -0.15) is 0 Å². The van der Waals surface area contributed by atoms with Gasteiger partial charge in [-0.05, 0) is 35.9 Å². The SMILES string of the molecule is COCCn1cc(CN2CCc3nc(-c4ccc(N)cc4)[nH]c(=O)c3C2)c2ccccc21. The lowest BCUT2D eigenvalue weighted by Gasteiger charge is -2.27. The summed E-state index contributed by atoms with van der Waals surface area (Å²) >= 11 is 0. The summed E-state index contributed by atoms with van der Waals surface area (Å²) in [7, 11) is 1.72. The van der Waals surface area contributed by atoms with E-state index in [1.54, 1.807) is 7.11 Å². The van der Waals surface area contributed by atoms with E-state index in [2.05, 4.69) is 44.9 Å². The molecule has 164 valence electrons. The van der Waals surface area contributed by atoms with Crippen LogP contribution in [0.1, 0.15) is 16.8 Å². The van der Waals surface area contributed by atoms with Crippen molar-refractivity contribution in [2.24, 2.45) is 0 Å². The molecule has 0 amide bonds. The summed E-state index contributed by atoms with van der Waals surface area (Å²) < 4.78 is 7.52. The first kappa shape index (κ1) is 20.5. The number of rotatable bonds is 6. The first-order chi connectivity index (χ1) is 15.6. The monoisotopic (exact) mass is 429 g/mol. The van der Waals surface area contributed by atoms with Crippen LogP contribution in [0.2, 0.25) is 0 Å². The summed E-state index contributed by atoms with van der Waals surface area (Å²) in [6.07, 6.45) is 2.97. The van der Waals surface area contributed by atoms with E-state index < -0.39 is 0 Å². The van der Waals surface area contributed by atoms with Crippen molar-refractivity contribution in [2.45, 2.75) is 26.1 Å². The zero-order valence-corrected chi connectivity index (χ0v) is 18.2. The zero-order valence-electron chi connectivity index (χ0n) is 18.2. The third-order valence-electron chi connectivity index (χ3n) is 6.13. The van der Waals surface area contributed by atoms with Crippen LogP contribution in [0.4, 0.5) is 5.69 Å². The summed E-state index contributed by atoms with van der Waals surface area (Å²) in [4.78, 5) is 22.9. The molecular formula is C25H27N5O2. The highest BCUT2D eigenvalue weighted by Crippen LogP contribution is 2.25. The van der Waals surface area contributed by atoms with Crippen molar-refractivity contribution in [1.29, 1.82) is 0 Å². The third kappa shape index (κ3) is 3.92. The minimum Gasteiger partial charge on any atom is -0.399 e. The molecule has 2 aromatic carbocycles. The van der Waals surface area contributed by atoms with Gasteiger partial charge in [0.2, 0.25) is 0 Å². The number of anilines is 1. The van der Waals surface area contributed by atoms with Gasteiger partial charge in [0.1, 0.15) is 5.82 Å². The summed E-state index contributed by atoms with van der Waals surface area (Å²) in [5.41, 5.74) is 11.4. The lowest BCUT2D eigenvalue weighted by atomic mass is 10.0. The fraction of sp³-hybridized carbons (Fsp3) is 0.280. The molecule has 0 spiro atoms. The van der Waals surface area contributed by atoms with Crippen molar-refractivity contribution >= 4 is 16.6 Å². The third-order valence-corrected chi connectivity index (χ3v) is 6.13. The lowest BCUT2D eigenvalue weighted by Crippen LogP contribution is -2.35. The number of nitrogens with two attached hydrogens (primary N) is 1. The number of nitrogens with one attached hydrogen (secondary N) is 1. The summed E-state index contributed by atoms with van der Waals surface area (Å²) in [6, 6.07) is 15.9. The molecule has 0 saturated heterocycles. The summed E-state index contributed by atoms with van der Waals surface area (Å²) in [5.74, 6) is 0.600. The zero-order chi connectivity index (χ0) is 22.1. The Labute approximate surface area is 186 Å². The van der Waals surface area contributed by atoms with Gasteiger partial charge in [0, 0.05) is 68.1 Å². The fourth-order valence-electron chi connectivity index (χ4n) is 4.46. The first-order valence-electron chi connectivity index (χ1n) is 10.9. The highest BCUT2D eigenvalue weighted by Gasteiger charge is 2.22. The topological polar surface area (TPSA) is 89.2 Å². The van der Waals surface area contributed by atoms with Crippen LogP contribution in [-0.4, -0.2) is 39.7 Å². The Morgan fingerprint density at radius 1 is 1.16 bits per heavy atom. The molecule has 7 nitrogen and oxygen atoms in total. The Bertz CT molecular complexity index is 1310. The summed E-state index contributed by atoms with van der Waals surface area (Å²) in [6.45, 7) is 3.74. The molecule has 3 N–H and O–H groups in total. The molecule has 0 aliphatic carbocycles. The van der Waals surface area contributed by atoms with Gasteiger partial charge in [0.15, 0.2) is 0 Å². The van der Waals surface area contributed by atoms with E-state index in [0.29, 0.717) is 24.7 Å². The number of methoxy groups -OCH3 is 1. The van der Waals surface area contributed by atoms with Crippen molar-refractivity contribution < 1.29 is 4.74 Å². The number of benzene rings is 2. The number of aromatic nitrogens is 3. The van der Waals surface area contributed by atoms with Crippen molar-refractivity contribution in [1.82, 2.24) is 19.4 Å². The molecule has 2 aromatic heterocycles. The van der Waals surface area contributed by atoms with Gasteiger partial charge in [0.25, 0.3) is 5.56 Å². The lowest BCUT2D eigenvalue weighted by molar-refractivity contribution is 0.188. The van der Waals surface area contributed by atoms with Crippen molar-refractivity contribution in [2.75, 3.05) is 26.0 Å². The molecule has 32 heavy (non-hydrogen) atoms. The Morgan fingerprint density at radius 3 is 2.78 bits per heavy atom. The molecule has 7 heteroatoms. The largest absolute Gasteiger partial charge is 0.399 e. The highest BCUT2D eigenvalue weighted by atomic mass is 16.5. The minimum absolute atomic E-state index is 0.0611. The predicted molar refractivity (Wildman–Crippen MR) is 126 cm³/mol. The molecule has 0 atom stereocenters. The molecule has 0 fully saturated rings. The Morgan fingerprint density at radius 2 is 1.97 bits per heavy atom. The van der Waals surface area contributed by atoms with Gasteiger partial charge in [-0.15, -0.1) is 0 Å². The maximum atomic E-state index is 12.9. The Kier molecular flexibility index (Phi) is 5.51. The number of hydrogen-bond donors (Lipinski definition) is 2. The van der Waals surface area contributed by atoms with Crippen molar-refractivity contribution in [3.8, 4) is 11.4 Å². The van der Waals surface area contributed by atoms with Crippen LogP contribution in [0.5, 0.6) is 0 Å². The van der Waals surface area contributed by atoms with Crippen LogP contribution in [0.3, 0.4) is 0 Å². The van der Waals surface area contributed by atoms with Gasteiger partial charge in [-0.25, -0.2) is 4.98 Å². The van der Waals surface area contributed by atoms with Gasteiger partial charge in [-0.1, -0.05) is 18.2 Å². The average Bonchev–Trinajstić information content (AvgIpc) is 3.16. The smallest absolute Gasteiger partial charge is 0.255 e. The maximum absolute atomic E-state index is 12.9. The fourth-order valence-corrected chi connectivity index (χ4v) is 4.46. The maximum Gasteiger partial charge on any atom is 0.255 e. The molecule has 4 aromatic rings. The molecule has 0 radical (unpaired) electrons. The number of nitrogen functional groups attached to an aromatic ring is 1. The van der Waals surface area contributed by atoms with Gasteiger partial charge in [-0.3, -0.25) is 9.69 Å². The van der Waals surface area contributed by atoms with Crippen molar-refractivity contribution in [3.63, 3.8) is 0 Å². The molecule has 0 bridgehead atoms. The van der Waals surface area contributed by atoms with Crippen LogP contribution in [0, 0.1) is 0 Å². The second kappa shape index (κ2) is 8.61. The van der Waals surface area contributed by atoms with Crippen molar-refractivity contribution in [3.05, 3.63) is 81.9 Å². The van der Waals surface area contributed by atoms with E-state index in [1.807, 2.05) is 24.3 Å². The summed E-state index contributed by atoms with van der Waals surface area (Å²) in [5, 5.41) is 1.25. The van der Waals surface area contributed by atoms with Crippen LogP contribution < -0.4 is 11.3 Å². The first-order valence-corrected chi connectivity index (χ1v) is 10.9. The highest BCUT2D eigenvalue weighted by molar-refractivity contribution is 5.84. The average molecular weight is 430 g/mol. The predicted octanol–water partition coefficient (Wildman–Crippen LogP) is 3.18. The van der Waals surface area contributed by atoms with E-state index >= 15 is 0 Å². The Hall–Kier alpha value is -3.42. The normalized spacial score (nSPS) is 14.0. The van der Waals surface area contributed by atoms with Gasteiger partial charge in [0.05, 0.1) is 17.9 Å². The number of para-hydroxylation sites is 1. The molecule has 5 rings (SSSR count). The second-order valence-corrected chi connectivity index (χ2v) is 8.28. The number of ether oxygens (including phenoxy) is 1.